The molecular formula is C27H31N9O2. The van der Waals surface area contributed by atoms with Crippen LogP contribution in [0.15, 0.2) is 55.1 Å². The van der Waals surface area contributed by atoms with Gasteiger partial charge in [0.05, 0.1) is 44.0 Å². The van der Waals surface area contributed by atoms with Crippen molar-refractivity contribution in [2.45, 2.75) is 26.9 Å². The maximum absolute atomic E-state index is 14.0. The van der Waals surface area contributed by atoms with E-state index in [1.807, 2.05) is 57.0 Å². The van der Waals surface area contributed by atoms with E-state index >= 15 is 0 Å². The molecule has 0 unspecified atom stereocenters. The van der Waals surface area contributed by atoms with Crippen molar-refractivity contribution in [3.63, 3.8) is 0 Å². The zero-order chi connectivity index (χ0) is 26.8. The molecule has 0 saturated heterocycles. The van der Waals surface area contributed by atoms with Crippen molar-refractivity contribution in [1.29, 1.82) is 0 Å². The lowest BCUT2D eigenvalue weighted by molar-refractivity contribution is 0.252. The quantitative estimate of drug-likeness (QED) is 0.372. The molecule has 0 spiro atoms. The second-order valence-electron chi connectivity index (χ2n) is 9.46. The van der Waals surface area contributed by atoms with E-state index in [2.05, 4.69) is 25.3 Å². The second-order valence-corrected chi connectivity index (χ2v) is 9.46. The minimum absolute atomic E-state index is 0.242. The maximum Gasteiger partial charge on any atom is 0.336 e. The number of fused-ring (bicyclic) bond motifs is 1. The number of rotatable bonds is 8. The first-order valence-corrected chi connectivity index (χ1v) is 12.3. The van der Waals surface area contributed by atoms with E-state index < -0.39 is 0 Å². The molecule has 11 nitrogen and oxygen atoms in total. The van der Waals surface area contributed by atoms with E-state index in [0.717, 1.165) is 41.2 Å². The van der Waals surface area contributed by atoms with Crippen LogP contribution in [0.3, 0.4) is 0 Å². The molecule has 1 aliphatic rings. The molecule has 1 N–H and O–H groups in total. The van der Waals surface area contributed by atoms with Gasteiger partial charge in [-0.15, -0.1) is 0 Å². The van der Waals surface area contributed by atoms with Gasteiger partial charge in [0.25, 0.3) is 0 Å². The third-order valence-corrected chi connectivity index (χ3v) is 6.36. The van der Waals surface area contributed by atoms with Crippen LogP contribution in [-0.2, 0) is 13.1 Å². The fourth-order valence-corrected chi connectivity index (χ4v) is 4.43. The Bertz CT molecular complexity index is 1430. The van der Waals surface area contributed by atoms with Crippen molar-refractivity contribution < 1.29 is 9.53 Å². The predicted molar refractivity (Wildman–Crippen MR) is 147 cm³/mol. The summed E-state index contributed by atoms with van der Waals surface area (Å²) in [5.41, 5.74) is 4.45. The van der Waals surface area contributed by atoms with Gasteiger partial charge in [-0.1, -0.05) is 18.2 Å². The van der Waals surface area contributed by atoms with E-state index in [1.165, 1.54) is 4.90 Å². The molecule has 0 saturated carbocycles. The number of carbonyl (C=O) groups excluding carboxylic acids is 1. The molecule has 4 aromatic rings. The van der Waals surface area contributed by atoms with Crippen LogP contribution in [0.25, 0.3) is 0 Å². The Balaban J connectivity index is 1.52. The Kier molecular flexibility index (Phi) is 6.93. The molecule has 3 aromatic heterocycles. The molecule has 38 heavy (non-hydrogen) atoms. The van der Waals surface area contributed by atoms with E-state index in [1.54, 1.807) is 42.7 Å². The van der Waals surface area contributed by atoms with Crippen LogP contribution in [0.5, 0.6) is 5.75 Å². The normalized spacial score (nSPS) is 13.2. The number of anilines is 5. The minimum Gasteiger partial charge on any atom is -0.495 e. The summed E-state index contributed by atoms with van der Waals surface area (Å²) in [5, 5.41) is 7.62. The summed E-state index contributed by atoms with van der Waals surface area (Å²) in [7, 11) is 5.63. The number of aromatic nitrogens is 5. The van der Waals surface area contributed by atoms with Gasteiger partial charge in [-0.05, 0) is 51.2 Å². The highest BCUT2D eigenvalue weighted by Gasteiger charge is 2.36. The molecule has 0 bridgehead atoms. The number of nitrogens with one attached hydrogen (secondary N) is 1. The predicted octanol–water partition coefficient (Wildman–Crippen LogP) is 4.28. The van der Waals surface area contributed by atoms with Crippen molar-refractivity contribution in [3.8, 4) is 5.75 Å². The van der Waals surface area contributed by atoms with Gasteiger partial charge in [0.1, 0.15) is 11.6 Å². The highest BCUT2D eigenvalue weighted by molar-refractivity contribution is 6.10. The number of ether oxygens (including phenoxy) is 1. The Labute approximate surface area is 221 Å². The van der Waals surface area contributed by atoms with Crippen molar-refractivity contribution in [1.82, 2.24) is 29.6 Å². The third-order valence-electron chi connectivity index (χ3n) is 6.36. The van der Waals surface area contributed by atoms with Gasteiger partial charge in [0, 0.05) is 24.5 Å². The van der Waals surface area contributed by atoms with Gasteiger partial charge < -0.3 is 15.0 Å². The van der Waals surface area contributed by atoms with Crippen LogP contribution in [0.4, 0.5) is 33.8 Å². The van der Waals surface area contributed by atoms with E-state index in [-0.39, 0.29) is 6.03 Å². The lowest BCUT2D eigenvalue weighted by Crippen LogP contribution is -2.46. The first-order chi connectivity index (χ1) is 18.3. The maximum atomic E-state index is 14.0. The van der Waals surface area contributed by atoms with Crippen LogP contribution in [0.2, 0.25) is 0 Å². The Hall–Kier alpha value is -4.51. The number of urea groups is 1. The average molecular weight is 514 g/mol. The van der Waals surface area contributed by atoms with Crippen molar-refractivity contribution in [2.75, 3.05) is 42.9 Å². The smallest absolute Gasteiger partial charge is 0.336 e. The number of methoxy groups -OCH3 is 1. The monoisotopic (exact) mass is 513 g/mol. The van der Waals surface area contributed by atoms with Crippen molar-refractivity contribution in [3.05, 3.63) is 71.8 Å². The Morgan fingerprint density at radius 3 is 2.53 bits per heavy atom. The van der Waals surface area contributed by atoms with Gasteiger partial charge in [-0.3, -0.25) is 9.58 Å². The number of hydrogen-bond acceptors (Lipinski definition) is 8. The topological polar surface area (TPSA) is 105 Å². The first-order valence-electron chi connectivity index (χ1n) is 12.3. The lowest BCUT2D eigenvalue weighted by Gasteiger charge is -2.36. The summed E-state index contributed by atoms with van der Waals surface area (Å²) in [6, 6.07) is 9.28. The Morgan fingerprint density at radius 1 is 1.05 bits per heavy atom. The SMILES string of the molecule is COc1ccc(N2C(=O)N(c3c(C)cccc3C)Cc3cnc(Nc4cnn(CCN(C)C)c4)nc32)nc1. The number of carbonyl (C=O) groups is 1. The van der Waals surface area contributed by atoms with E-state index in [0.29, 0.717) is 29.9 Å². The van der Waals surface area contributed by atoms with Crippen LogP contribution in [-0.4, -0.2) is 63.4 Å². The lowest BCUT2D eigenvalue weighted by atomic mass is 10.1. The number of pyridine rings is 1. The summed E-state index contributed by atoms with van der Waals surface area (Å²) < 4.78 is 7.13. The van der Waals surface area contributed by atoms with Gasteiger partial charge in [0.2, 0.25) is 5.95 Å². The standard InChI is InChI=1S/C27H31N9O2/c1-18-7-6-8-19(2)24(18)35-16-20-13-29-26(31-21-14-30-34(17-21)12-11-33(3)4)32-25(20)36(27(35)37)23-10-9-22(38-5)15-28-23/h6-10,13-15,17H,11-12,16H2,1-5H3,(H,29,31,32). The van der Waals surface area contributed by atoms with Crippen LogP contribution < -0.4 is 19.9 Å². The third kappa shape index (κ3) is 5.00. The zero-order valence-corrected chi connectivity index (χ0v) is 22.2. The number of nitrogens with zero attached hydrogens (tertiary/aromatic N) is 8. The van der Waals surface area contributed by atoms with Crippen LogP contribution in [0, 0.1) is 13.8 Å². The molecule has 4 heterocycles. The highest BCUT2D eigenvalue weighted by Crippen LogP contribution is 2.37. The second kappa shape index (κ2) is 10.5. The molecule has 5 rings (SSSR count). The van der Waals surface area contributed by atoms with Gasteiger partial charge in [-0.25, -0.2) is 19.7 Å². The number of amides is 2. The minimum atomic E-state index is -0.242. The van der Waals surface area contributed by atoms with E-state index in [9.17, 15) is 4.79 Å². The average Bonchev–Trinajstić information content (AvgIpc) is 3.35. The number of likely N-dealkylation sites (N-methyl/N-ethyl adjacent to an activating group) is 1. The number of aryl methyl sites for hydroxylation is 2. The largest absolute Gasteiger partial charge is 0.495 e. The molecular weight excluding hydrogens is 482 g/mol. The van der Waals surface area contributed by atoms with Crippen molar-refractivity contribution >= 4 is 35.0 Å². The molecule has 1 aromatic carbocycles. The van der Waals surface area contributed by atoms with Gasteiger partial charge in [0.15, 0.2) is 5.82 Å². The fraction of sp³-hybridized carbons (Fsp3) is 0.296. The van der Waals surface area contributed by atoms with E-state index in [4.69, 9.17) is 9.72 Å². The first kappa shape index (κ1) is 25.2. The molecule has 0 aliphatic carbocycles. The van der Waals surface area contributed by atoms with Crippen LogP contribution >= 0.6 is 0 Å². The summed E-state index contributed by atoms with van der Waals surface area (Å²) >= 11 is 0. The van der Waals surface area contributed by atoms with Gasteiger partial charge in [-0.2, -0.15) is 10.1 Å². The molecule has 196 valence electrons. The van der Waals surface area contributed by atoms with Crippen molar-refractivity contribution in [2.24, 2.45) is 0 Å². The summed E-state index contributed by atoms with van der Waals surface area (Å²) in [4.78, 5) is 33.2. The number of benzene rings is 1. The molecule has 2 amide bonds. The molecule has 0 radical (unpaired) electrons. The summed E-state index contributed by atoms with van der Waals surface area (Å²) in [5.74, 6) is 1.88. The van der Waals surface area contributed by atoms with Crippen LogP contribution in [0.1, 0.15) is 16.7 Å². The number of hydrogen-bond donors (Lipinski definition) is 1. The Morgan fingerprint density at radius 2 is 1.84 bits per heavy atom. The molecule has 0 fully saturated rings. The number of para-hydroxylation sites is 1. The highest BCUT2D eigenvalue weighted by atomic mass is 16.5. The van der Waals surface area contributed by atoms with Gasteiger partial charge >= 0.3 is 6.03 Å². The molecule has 0 atom stereocenters. The molecule has 11 heteroatoms. The summed E-state index contributed by atoms with van der Waals surface area (Å²) in [6.07, 6.45) is 6.98. The molecule has 1 aliphatic heterocycles. The zero-order valence-electron chi connectivity index (χ0n) is 22.2. The summed E-state index contributed by atoms with van der Waals surface area (Å²) in [6.45, 7) is 5.99. The fourth-order valence-electron chi connectivity index (χ4n) is 4.43.